The number of hydrogen-bond acceptors (Lipinski definition) is 6. The summed E-state index contributed by atoms with van der Waals surface area (Å²) < 4.78 is 1.77. The molecular weight excluding hydrogens is 316 g/mol. The van der Waals surface area contributed by atoms with Crippen molar-refractivity contribution in [3.63, 3.8) is 0 Å². The van der Waals surface area contributed by atoms with Crippen molar-refractivity contribution >= 4 is 27.8 Å². The zero-order valence-electron chi connectivity index (χ0n) is 13.7. The Kier molecular flexibility index (Phi) is 3.83. The summed E-state index contributed by atoms with van der Waals surface area (Å²) >= 11 is 0. The van der Waals surface area contributed by atoms with E-state index in [1.165, 1.54) is 7.11 Å². The zero-order valence-corrected chi connectivity index (χ0v) is 13.7. The van der Waals surface area contributed by atoms with E-state index in [0.717, 1.165) is 22.0 Å². The van der Waals surface area contributed by atoms with E-state index in [1.54, 1.807) is 10.9 Å². The minimum atomic E-state index is 0.571. The molecule has 1 aromatic carbocycles. The molecule has 4 rings (SSSR count). The lowest BCUT2D eigenvalue weighted by Gasteiger charge is -2.07. The minimum Gasteiger partial charge on any atom is -0.279 e. The Labute approximate surface area is 143 Å². The predicted octanol–water partition coefficient (Wildman–Crippen LogP) is 2.54. The summed E-state index contributed by atoms with van der Waals surface area (Å²) in [5, 5.41) is 9.50. The molecule has 0 aliphatic carbocycles. The molecule has 0 unspecified atom stereocenters. The second-order valence-corrected chi connectivity index (χ2v) is 5.60. The van der Waals surface area contributed by atoms with Crippen LogP contribution in [0.5, 0.6) is 0 Å². The second kappa shape index (κ2) is 6.29. The molecule has 124 valence electrons. The Morgan fingerprint density at radius 3 is 2.96 bits per heavy atom. The van der Waals surface area contributed by atoms with E-state index >= 15 is 0 Å². The van der Waals surface area contributed by atoms with Crippen LogP contribution in [0.4, 0.5) is 0 Å². The van der Waals surface area contributed by atoms with Gasteiger partial charge in [0, 0.05) is 11.6 Å². The highest BCUT2D eigenvalue weighted by atomic mass is 16.6. The van der Waals surface area contributed by atoms with Gasteiger partial charge in [0.2, 0.25) is 0 Å². The van der Waals surface area contributed by atoms with Crippen LogP contribution >= 0.6 is 0 Å². The summed E-state index contributed by atoms with van der Waals surface area (Å²) in [7, 11) is 1.53. The van der Waals surface area contributed by atoms with Crippen LogP contribution in [0.15, 0.2) is 55.2 Å². The Morgan fingerprint density at radius 2 is 2.08 bits per heavy atom. The fraction of sp³-hybridized carbons (Fsp3) is 0.111. The van der Waals surface area contributed by atoms with Crippen molar-refractivity contribution in [1.82, 2.24) is 30.4 Å². The third-order valence-electron chi connectivity index (χ3n) is 3.89. The fourth-order valence-electron chi connectivity index (χ4n) is 2.70. The Hall–Kier alpha value is -3.32. The van der Waals surface area contributed by atoms with E-state index in [4.69, 9.17) is 4.84 Å². The molecule has 7 heteroatoms. The SMILES string of the molecule is C=C(NOC)c1ccc2nnn(Cc3ccc4ncccc4c3)c2n1. The average Bonchev–Trinajstić information content (AvgIpc) is 3.04. The van der Waals surface area contributed by atoms with Crippen LogP contribution in [-0.2, 0) is 11.4 Å². The zero-order chi connectivity index (χ0) is 17.2. The van der Waals surface area contributed by atoms with Gasteiger partial charge in [-0.2, -0.15) is 0 Å². The van der Waals surface area contributed by atoms with Crippen molar-refractivity contribution in [3.8, 4) is 0 Å². The molecular formula is C18H16N6O. The Bertz CT molecular complexity index is 1070. The van der Waals surface area contributed by atoms with E-state index in [0.29, 0.717) is 23.6 Å². The molecule has 0 atom stereocenters. The predicted molar refractivity (Wildman–Crippen MR) is 95.3 cm³/mol. The van der Waals surface area contributed by atoms with Gasteiger partial charge in [-0.1, -0.05) is 23.9 Å². The molecule has 1 N–H and O–H groups in total. The van der Waals surface area contributed by atoms with Crippen molar-refractivity contribution in [2.75, 3.05) is 7.11 Å². The third-order valence-corrected chi connectivity index (χ3v) is 3.89. The summed E-state index contributed by atoms with van der Waals surface area (Å²) in [6, 6.07) is 13.8. The molecule has 0 saturated carbocycles. The van der Waals surface area contributed by atoms with Crippen LogP contribution in [0.3, 0.4) is 0 Å². The lowest BCUT2D eigenvalue weighted by molar-refractivity contribution is 0.136. The Morgan fingerprint density at radius 1 is 1.20 bits per heavy atom. The number of hydrogen-bond donors (Lipinski definition) is 1. The standard InChI is InChI=1S/C18H16N6O/c1-12(22-25-2)15-7-8-17-18(20-15)24(23-21-17)11-13-5-6-16-14(10-13)4-3-9-19-16/h3-10,22H,1,11H2,2H3. The minimum absolute atomic E-state index is 0.571. The van der Waals surface area contributed by atoms with Crippen LogP contribution in [0.2, 0.25) is 0 Å². The maximum Gasteiger partial charge on any atom is 0.179 e. The Balaban J connectivity index is 1.70. The highest BCUT2D eigenvalue weighted by Crippen LogP contribution is 2.17. The normalized spacial score (nSPS) is 11.1. The van der Waals surface area contributed by atoms with Gasteiger partial charge >= 0.3 is 0 Å². The summed E-state index contributed by atoms with van der Waals surface area (Å²) in [5.41, 5.74) is 7.46. The number of rotatable bonds is 5. The number of benzene rings is 1. The van der Waals surface area contributed by atoms with E-state index in [9.17, 15) is 0 Å². The van der Waals surface area contributed by atoms with Crippen molar-refractivity contribution < 1.29 is 4.84 Å². The first-order chi connectivity index (χ1) is 12.2. The first-order valence-electron chi connectivity index (χ1n) is 7.77. The average molecular weight is 332 g/mol. The summed E-state index contributed by atoms with van der Waals surface area (Å²) in [5.74, 6) is 0. The van der Waals surface area contributed by atoms with E-state index < -0.39 is 0 Å². The van der Waals surface area contributed by atoms with E-state index in [-0.39, 0.29) is 0 Å². The largest absolute Gasteiger partial charge is 0.279 e. The highest BCUT2D eigenvalue weighted by molar-refractivity contribution is 5.79. The topological polar surface area (TPSA) is 77.8 Å². The molecule has 0 aliphatic heterocycles. The number of nitrogens with one attached hydrogen (secondary N) is 1. The molecule has 0 fully saturated rings. The second-order valence-electron chi connectivity index (χ2n) is 5.60. The molecule has 7 nitrogen and oxygen atoms in total. The molecule has 0 bridgehead atoms. The van der Waals surface area contributed by atoms with Gasteiger partial charge in [-0.15, -0.1) is 5.10 Å². The van der Waals surface area contributed by atoms with Crippen molar-refractivity contribution in [3.05, 3.63) is 66.5 Å². The number of pyridine rings is 2. The lowest BCUT2D eigenvalue weighted by atomic mass is 10.1. The highest BCUT2D eigenvalue weighted by Gasteiger charge is 2.10. The van der Waals surface area contributed by atoms with E-state index in [1.807, 2.05) is 36.4 Å². The molecule has 0 aliphatic rings. The molecule has 3 aromatic heterocycles. The first-order valence-corrected chi connectivity index (χ1v) is 7.77. The summed E-state index contributed by atoms with van der Waals surface area (Å²) in [6.07, 6.45) is 1.79. The summed E-state index contributed by atoms with van der Waals surface area (Å²) in [6.45, 7) is 4.47. The van der Waals surface area contributed by atoms with Gasteiger partial charge in [-0.25, -0.2) is 9.67 Å². The number of hydroxylamine groups is 1. The van der Waals surface area contributed by atoms with Crippen molar-refractivity contribution in [1.29, 1.82) is 0 Å². The fourth-order valence-corrected chi connectivity index (χ4v) is 2.70. The van der Waals surface area contributed by atoms with Crippen molar-refractivity contribution in [2.45, 2.75) is 6.54 Å². The van der Waals surface area contributed by atoms with Gasteiger partial charge < -0.3 is 0 Å². The molecule has 0 radical (unpaired) electrons. The molecule has 0 saturated heterocycles. The number of aromatic nitrogens is 5. The molecule has 0 amide bonds. The molecule has 3 heterocycles. The van der Waals surface area contributed by atoms with Crippen LogP contribution in [0.1, 0.15) is 11.3 Å². The number of nitrogens with zero attached hydrogens (tertiary/aromatic N) is 5. The van der Waals surface area contributed by atoms with Gasteiger partial charge in [0.05, 0.1) is 30.6 Å². The van der Waals surface area contributed by atoms with Crippen LogP contribution in [0.25, 0.3) is 27.8 Å². The number of fused-ring (bicyclic) bond motifs is 2. The smallest absolute Gasteiger partial charge is 0.179 e. The monoisotopic (exact) mass is 332 g/mol. The third kappa shape index (κ3) is 2.92. The van der Waals surface area contributed by atoms with Gasteiger partial charge in [-0.3, -0.25) is 15.3 Å². The maximum atomic E-state index is 4.88. The maximum absolute atomic E-state index is 4.88. The van der Waals surface area contributed by atoms with Gasteiger partial charge in [0.1, 0.15) is 5.52 Å². The molecule has 25 heavy (non-hydrogen) atoms. The van der Waals surface area contributed by atoms with Crippen LogP contribution in [0, 0.1) is 0 Å². The summed E-state index contributed by atoms with van der Waals surface area (Å²) in [4.78, 5) is 13.8. The quantitative estimate of drug-likeness (QED) is 0.566. The van der Waals surface area contributed by atoms with Crippen LogP contribution < -0.4 is 5.48 Å². The van der Waals surface area contributed by atoms with E-state index in [2.05, 4.69) is 38.4 Å². The van der Waals surface area contributed by atoms with Gasteiger partial charge in [0.15, 0.2) is 5.65 Å². The lowest BCUT2D eigenvalue weighted by Crippen LogP contribution is -2.10. The van der Waals surface area contributed by atoms with Crippen molar-refractivity contribution in [2.24, 2.45) is 0 Å². The van der Waals surface area contributed by atoms with Gasteiger partial charge in [0.25, 0.3) is 0 Å². The van der Waals surface area contributed by atoms with Gasteiger partial charge in [-0.05, 0) is 35.9 Å². The molecule has 4 aromatic rings. The molecule has 0 spiro atoms. The first kappa shape index (κ1) is 15.2. The van der Waals surface area contributed by atoms with Crippen LogP contribution in [-0.4, -0.2) is 32.1 Å².